The maximum Gasteiger partial charge on any atom is 0.0639 e. The molecule has 0 N–H and O–H groups in total. The number of aliphatic imine (C=N–C) groups is 1. The number of aromatic nitrogens is 1. The van der Waals surface area contributed by atoms with Crippen LogP contribution in [0, 0.1) is 6.92 Å². The quantitative estimate of drug-likeness (QED) is 0.537. The molecule has 3 aromatic rings. The van der Waals surface area contributed by atoms with E-state index in [4.69, 9.17) is 23.2 Å². The Morgan fingerprint density at radius 1 is 1.00 bits per heavy atom. The number of benzene rings is 2. The molecule has 0 saturated heterocycles. The highest BCUT2D eigenvalue weighted by molar-refractivity contribution is 6.31. The molecule has 1 heterocycles. The van der Waals surface area contributed by atoms with Gasteiger partial charge in [-0.25, -0.2) is 0 Å². The van der Waals surface area contributed by atoms with Gasteiger partial charge in [0.2, 0.25) is 0 Å². The molecule has 2 nitrogen and oxygen atoms in total. The van der Waals surface area contributed by atoms with Crippen molar-refractivity contribution < 1.29 is 0 Å². The second-order valence-corrected chi connectivity index (χ2v) is 5.81. The molecule has 3 rings (SSSR count). The van der Waals surface area contributed by atoms with Crippen LogP contribution in [0.4, 0.5) is 5.69 Å². The minimum absolute atomic E-state index is 0.705. The first-order chi connectivity index (χ1) is 10.6. The van der Waals surface area contributed by atoms with Gasteiger partial charge in [0.1, 0.15) is 0 Å². The average Bonchev–Trinajstić information content (AvgIpc) is 2.98. The molecule has 0 aliphatic heterocycles. The molecular formula is C18H14Cl2N2. The molecule has 4 heteroatoms. The Morgan fingerprint density at radius 3 is 2.50 bits per heavy atom. The zero-order chi connectivity index (χ0) is 15.5. The first-order valence-corrected chi connectivity index (χ1v) is 7.62. The van der Waals surface area contributed by atoms with Crippen LogP contribution in [0.1, 0.15) is 11.3 Å². The Morgan fingerprint density at radius 2 is 1.77 bits per heavy atom. The SMILES string of the molecule is Cc1ccc(-n2cccc2C=Nc2ccc(Cl)cc2)cc1Cl. The average molecular weight is 329 g/mol. The largest absolute Gasteiger partial charge is 0.316 e. The van der Waals surface area contributed by atoms with Gasteiger partial charge in [0.05, 0.1) is 17.6 Å². The Hall–Kier alpha value is -2.03. The van der Waals surface area contributed by atoms with Gasteiger partial charge in [0.15, 0.2) is 0 Å². The monoisotopic (exact) mass is 328 g/mol. The summed E-state index contributed by atoms with van der Waals surface area (Å²) in [5, 5.41) is 1.46. The second kappa shape index (κ2) is 6.39. The van der Waals surface area contributed by atoms with Crippen LogP contribution in [0.3, 0.4) is 0 Å². The Balaban J connectivity index is 1.91. The maximum atomic E-state index is 6.21. The summed E-state index contributed by atoms with van der Waals surface area (Å²) >= 11 is 12.1. The number of halogens is 2. The number of rotatable bonds is 3. The van der Waals surface area contributed by atoms with E-state index in [9.17, 15) is 0 Å². The molecule has 110 valence electrons. The van der Waals surface area contributed by atoms with Crippen LogP contribution in [-0.4, -0.2) is 10.8 Å². The van der Waals surface area contributed by atoms with E-state index in [1.807, 2.05) is 78.5 Å². The lowest BCUT2D eigenvalue weighted by Gasteiger charge is -2.08. The summed E-state index contributed by atoms with van der Waals surface area (Å²) in [5.74, 6) is 0. The lowest BCUT2D eigenvalue weighted by molar-refractivity contribution is 1.06. The van der Waals surface area contributed by atoms with Gasteiger partial charge in [-0.3, -0.25) is 4.99 Å². The molecule has 0 aliphatic carbocycles. The van der Waals surface area contributed by atoms with Crippen LogP contribution < -0.4 is 0 Å². The zero-order valence-corrected chi connectivity index (χ0v) is 13.5. The summed E-state index contributed by atoms with van der Waals surface area (Å²) < 4.78 is 2.05. The van der Waals surface area contributed by atoms with Gasteiger partial charge in [-0.15, -0.1) is 0 Å². The van der Waals surface area contributed by atoms with Gasteiger partial charge in [0, 0.05) is 21.9 Å². The fraction of sp³-hybridized carbons (Fsp3) is 0.0556. The highest BCUT2D eigenvalue weighted by Crippen LogP contribution is 2.21. The van der Waals surface area contributed by atoms with Crippen molar-refractivity contribution in [3.8, 4) is 5.69 Å². The second-order valence-electron chi connectivity index (χ2n) is 4.97. The van der Waals surface area contributed by atoms with Crippen LogP contribution in [0.2, 0.25) is 10.0 Å². The van der Waals surface area contributed by atoms with E-state index in [-0.39, 0.29) is 0 Å². The number of aryl methyl sites for hydroxylation is 1. The smallest absolute Gasteiger partial charge is 0.0639 e. The first-order valence-electron chi connectivity index (χ1n) is 6.87. The minimum Gasteiger partial charge on any atom is -0.316 e. The van der Waals surface area contributed by atoms with E-state index in [2.05, 4.69) is 4.99 Å². The lowest BCUT2D eigenvalue weighted by atomic mass is 10.2. The van der Waals surface area contributed by atoms with Gasteiger partial charge in [-0.2, -0.15) is 0 Å². The van der Waals surface area contributed by atoms with Gasteiger partial charge < -0.3 is 4.57 Å². The molecule has 0 fully saturated rings. The van der Waals surface area contributed by atoms with Gasteiger partial charge in [-0.05, 0) is 61.0 Å². The van der Waals surface area contributed by atoms with Crippen molar-refractivity contribution in [3.05, 3.63) is 82.1 Å². The minimum atomic E-state index is 0.705. The fourth-order valence-electron chi connectivity index (χ4n) is 2.13. The van der Waals surface area contributed by atoms with Crippen LogP contribution in [0.25, 0.3) is 5.69 Å². The van der Waals surface area contributed by atoms with Gasteiger partial charge >= 0.3 is 0 Å². The Labute approximate surface area is 139 Å². The summed E-state index contributed by atoms with van der Waals surface area (Å²) in [6, 6.07) is 17.4. The molecule has 0 spiro atoms. The van der Waals surface area contributed by atoms with Crippen molar-refractivity contribution in [1.29, 1.82) is 0 Å². The van der Waals surface area contributed by atoms with Crippen LogP contribution in [0.15, 0.2) is 65.8 Å². The first kappa shape index (κ1) is 14.9. The molecular weight excluding hydrogens is 315 g/mol. The third kappa shape index (κ3) is 3.24. The molecule has 0 aliphatic rings. The van der Waals surface area contributed by atoms with Crippen molar-refractivity contribution in [1.82, 2.24) is 4.57 Å². The Kier molecular flexibility index (Phi) is 4.32. The molecule has 0 bridgehead atoms. The summed E-state index contributed by atoms with van der Waals surface area (Å²) in [5.41, 5.74) is 3.92. The maximum absolute atomic E-state index is 6.21. The molecule has 0 saturated carbocycles. The van der Waals surface area contributed by atoms with E-state index < -0.39 is 0 Å². The molecule has 0 radical (unpaired) electrons. The van der Waals surface area contributed by atoms with Crippen molar-refractivity contribution in [2.75, 3.05) is 0 Å². The third-order valence-electron chi connectivity index (χ3n) is 3.39. The highest BCUT2D eigenvalue weighted by Gasteiger charge is 2.03. The van der Waals surface area contributed by atoms with Crippen LogP contribution in [-0.2, 0) is 0 Å². The molecule has 2 aromatic carbocycles. The molecule has 0 unspecified atom stereocenters. The predicted octanol–water partition coefficient (Wildman–Crippen LogP) is 5.84. The predicted molar refractivity (Wildman–Crippen MR) is 94.2 cm³/mol. The van der Waals surface area contributed by atoms with E-state index in [1.165, 1.54) is 0 Å². The fourth-order valence-corrected chi connectivity index (χ4v) is 2.43. The summed E-state index contributed by atoms with van der Waals surface area (Å²) in [6.45, 7) is 1.99. The summed E-state index contributed by atoms with van der Waals surface area (Å²) in [7, 11) is 0. The Bertz CT molecular complexity index is 817. The van der Waals surface area contributed by atoms with Crippen molar-refractivity contribution in [2.45, 2.75) is 6.92 Å². The number of hydrogen-bond donors (Lipinski definition) is 0. The van der Waals surface area contributed by atoms with E-state index in [0.717, 1.165) is 27.7 Å². The van der Waals surface area contributed by atoms with Crippen molar-refractivity contribution in [3.63, 3.8) is 0 Å². The molecule has 1 aromatic heterocycles. The molecule has 0 atom stereocenters. The van der Waals surface area contributed by atoms with E-state index in [0.29, 0.717) is 5.02 Å². The van der Waals surface area contributed by atoms with Crippen LogP contribution in [0.5, 0.6) is 0 Å². The highest BCUT2D eigenvalue weighted by atomic mass is 35.5. The number of nitrogens with zero attached hydrogens (tertiary/aromatic N) is 2. The standard InChI is InChI=1S/C18H14Cl2N2/c1-13-4-9-16(11-18(13)20)22-10-2-3-17(22)12-21-15-7-5-14(19)6-8-15/h2-12H,1H3. The van der Waals surface area contributed by atoms with E-state index in [1.54, 1.807) is 0 Å². The number of hydrogen-bond acceptors (Lipinski definition) is 1. The van der Waals surface area contributed by atoms with Gasteiger partial charge in [-0.1, -0.05) is 29.3 Å². The zero-order valence-electron chi connectivity index (χ0n) is 12.0. The third-order valence-corrected chi connectivity index (χ3v) is 4.05. The van der Waals surface area contributed by atoms with Crippen molar-refractivity contribution in [2.24, 2.45) is 4.99 Å². The van der Waals surface area contributed by atoms with E-state index >= 15 is 0 Å². The normalized spacial score (nSPS) is 11.2. The summed E-state index contributed by atoms with van der Waals surface area (Å²) in [6.07, 6.45) is 3.82. The topological polar surface area (TPSA) is 17.3 Å². The summed E-state index contributed by atoms with van der Waals surface area (Å²) in [4.78, 5) is 4.48. The molecule has 0 amide bonds. The van der Waals surface area contributed by atoms with Crippen molar-refractivity contribution >= 4 is 35.1 Å². The molecule has 22 heavy (non-hydrogen) atoms. The van der Waals surface area contributed by atoms with Crippen LogP contribution >= 0.6 is 23.2 Å². The van der Waals surface area contributed by atoms with Gasteiger partial charge in [0.25, 0.3) is 0 Å². The lowest BCUT2D eigenvalue weighted by Crippen LogP contribution is -1.98.